The van der Waals surface area contributed by atoms with Crippen molar-refractivity contribution in [2.45, 2.75) is 19.3 Å². The predicted octanol–water partition coefficient (Wildman–Crippen LogP) is 4.01. The molecule has 0 radical (unpaired) electrons. The van der Waals surface area contributed by atoms with Crippen LogP contribution in [-0.4, -0.2) is 24.1 Å². The molecule has 130 valence electrons. The summed E-state index contributed by atoms with van der Waals surface area (Å²) in [5.74, 6) is -0.953. The number of hydrogen-bond donors (Lipinski definition) is 2. The normalized spacial score (nSPS) is 14.6. The van der Waals surface area contributed by atoms with Gasteiger partial charge in [-0.25, -0.2) is 4.79 Å². The third-order valence-electron chi connectivity index (χ3n) is 4.51. The van der Waals surface area contributed by atoms with Crippen LogP contribution in [0.15, 0.2) is 42.5 Å². The van der Waals surface area contributed by atoms with Gasteiger partial charge in [0.2, 0.25) is 5.91 Å². The molecule has 1 amide bonds. The Bertz CT molecular complexity index is 830. The van der Waals surface area contributed by atoms with E-state index in [1.807, 2.05) is 24.3 Å². The maximum atomic E-state index is 12.7. The minimum atomic E-state index is -1.08. The summed E-state index contributed by atoms with van der Waals surface area (Å²) in [5.41, 5.74) is 1.06. The first kappa shape index (κ1) is 17.3. The number of carboxylic acids is 1. The van der Waals surface area contributed by atoms with Gasteiger partial charge in [-0.15, -0.1) is 0 Å². The van der Waals surface area contributed by atoms with Crippen molar-refractivity contribution in [3.8, 4) is 5.75 Å². The third-order valence-corrected chi connectivity index (χ3v) is 4.88. The molecule has 0 unspecified atom stereocenters. The van der Waals surface area contributed by atoms with Gasteiger partial charge in [-0.1, -0.05) is 29.8 Å². The van der Waals surface area contributed by atoms with Gasteiger partial charge >= 0.3 is 5.97 Å². The molecule has 1 saturated carbocycles. The number of aromatic carboxylic acids is 1. The van der Waals surface area contributed by atoms with Crippen LogP contribution >= 0.6 is 11.6 Å². The van der Waals surface area contributed by atoms with E-state index in [9.17, 15) is 9.59 Å². The number of ether oxygens (including phenoxy) is 1. The average molecular weight is 360 g/mol. The molecule has 3 rings (SSSR count). The number of methoxy groups -OCH3 is 1. The number of carbonyl (C=O) groups excluding carboxylic acids is 1. The van der Waals surface area contributed by atoms with E-state index in [1.165, 1.54) is 19.2 Å². The van der Waals surface area contributed by atoms with Crippen molar-refractivity contribution < 1.29 is 19.4 Å². The van der Waals surface area contributed by atoms with Gasteiger partial charge in [0.1, 0.15) is 11.3 Å². The van der Waals surface area contributed by atoms with E-state index < -0.39 is 11.4 Å². The van der Waals surface area contributed by atoms with Crippen molar-refractivity contribution in [1.82, 2.24) is 0 Å². The molecule has 1 aliphatic carbocycles. The van der Waals surface area contributed by atoms with Gasteiger partial charge < -0.3 is 15.2 Å². The number of carboxylic acid groups (broad SMARTS) is 1. The second-order valence-electron chi connectivity index (χ2n) is 6.22. The number of amides is 1. The van der Waals surface area contributed by atoms with E-state index in [-0.39, 0.29) is 17.2 Å². The van der Waals surface area contributed by atoms with Gasteiger partial charge in [0.05, 0.1) is 12.5 Å². The van der Waals surface area contributed by atoms with Crippen molar-refractivity contribution in [1.29, 1.82) is 0 Å². The first-order chi connectivity index (χ1) is 11.9. The minimum absolute atomic E-state index is 0.0534. The van der Waals surface area contributed by atoms with Crippen LogP contribution < -0.4 is 10.1 Å². The number of carbonyl (C=O) groups is 2. The summed E-state index contributed by atoms with van der Waals surface area (Å²) in [6.07, 6.45) is 2.19. The molecule has 2 N–H and O–H groups in total. The van der Waals surface area contributed by atoms with E-state index >= 15 is 0 Å². The highest BCUT2D eigenvalue weighted by atomic mass is 35.5. The van der Waals surface area contributed by atoms with E-state index in [4.69, 9.17) is 21.4 Å². The minimum Gasteiger partial charge on any atom is -0.496 e. The Morgan fingerprint density at radius 1 is 1.24 bits per heavy atom. The summed E-state index contributed by atoms with van der Waals surface area (Å²) < 4.78 is 5.09. The van der Waals surface area contributed by atoms with Crippen LogP contribution in [0.4, 0.5) is 5.69 Å². The van der Waals surface area contributed by atoms with Gasteiger partial charge in [-0.2, -0.15) is 0 Å². The molecule has 0 saturated heterocycles. The second-order valence-corrected chi connectivity index (χ2v) is 6.63. The quantitative estimate of drug-likeness (QED) is 0.817. The summed E-state index contributed by atoms with van der Waals surface area (Å²) in [5, 5.41) is 12.7. The van der Waals surface area contributed by atoms with Crippen molar-refractivity contribution in [3.05, 3.63) is 58.6 Å². The molecule has 0 aromatic heterocycles. The van der Waals surface area contributed by atoms with Gasteiger partial charge in [0, 0.05) is 16.8 Å². The Morgan fingerprint density at radius 3 is 2.56 bits per heavy atom. The number of hydrogen-bond acceptors (Lipinski definition) is 3. The molecular formula is C19H18ClNO4. The van der Waals surface area contributed by atoms with Crippen LogP contribution in [0.25, 0.3) is 0 Å². The maximum Gasteiger partial charge on any atom is 0.339 e. The first-order valence-electron chi connectivity index (χ1n) is 7.91. The molecular weight excluding hydrogens is 342 g/mol. The van der Waals surface area contributed by atoms with Crippen molar-refractivity contribution in [2.24, 2.45) is 5.41 Å². The zero-order valence-corrected chi connectivity index (χ0v) is 14.5. The van der Waals surface area contributed by atoms with E-state index in [0.29, 0.717) is 17.1 Å². The van der Waals surface area contributed by atoms with Crippen LogP contribution in [0, 0.1) is 5.41 Å². The summed E-state index contributed by atoms with van der Waals surface area (Å²) in [4.78, 5) is 23.9. The van der Waals surface area contributed by atoms with E-state index in [0.717, 1.165) is 18.4 Å². The lowest BCUT2D eigenvalue weighted by Crippen LogP contribution is -2.26. The van der Waals surface area contributed by atoms with Crippen LogP contribution in [0.1, 0.15) is 28.8 Å². The zero-order chi connectivity index (χ0) is 18.0. The van der Waals surface area contributed by atoms with Crippen molar-refractivity contribution in [2.75, 3.05) is 12.4 Å². The summed E-state index contributed by atoms with van der Waals surface area (Å²) in [7, 11) is 1.40. The molecule has 0 atom stereocenters. The number of halogens is 1. The summed E-state index contributed by atoms with van der Waals surface area (Å²) in [6.45, 7) is 0. The van der Waals surface area contributed by atoms with Crippen LogP contribution in [0.5, 0.6) is 5.75 Å². The molecule has 25 heavy (non-hydrogen) atoms. The molecule has 0 heterocycles. The molecule has 0 aliphatic heterocycles. The smallest absolute Gasteiger partial charge is 0.339 e. The van der Waals surface area contributed by atoms with Crippen LogP contribution in [0.2, 0.25) is 5.02 Å². The monoisotopic (exact) mass is 359 g/mol. The van der Waals surface area contributed by atoms with Gasteiger partial charge in [0.25, 0.3) is 0 Å². The third kappa shape index (κ3) is 3.61. The lowest BCUT2D eigenvalue weighted by molar-refractivity contribution is -0.121. The number of benzene rings is 2. The summed E-state index contributed by atoms with van der Waals surface area (Å²) in [6, 6.07) is 12.0. The molecule has 1 aliphatic rings. The van der Waals surface area contributed by atoms with Crippen LogP contribution in [0.3, 0.4) is 0 Å². The fourth-order valence-corrected chi connectivity index (χ4v) is 3.05. The van der Waals surface area contributed by atoms with Crippen molar-refractivity contribution >= 4 is 29.2 Å². The molecule has 0 spiro atoms. The standard InChI is InChI=1S/C19H18ClNO4/c1-25-16-10-13(6-7-14(16)17(22)23)21-18(24)19(8-9-19)11-12-4-2-3-5-15(12)20/h2-7,10H,8-9,11H2,1H3,(H,21,24)(H,22,23). The Morgan fingerprint density at radius 2 is 1.96 bits per heavy atom. The number of rotatable bonds is 6. The molecule has 2 aromatic rings. The fourth-order valence-electron chi connectivity index (χ4n) is 2.85. The van der Waals surface area contributed by atoms with Crippen molar-refractivity contribution in [3.63, 3.8) is 0 Å². The molecule has 6 heteroatoms. The number of anilines is 1. The Balaban J connectivity index is 1.76. The predicted molar refractivity (Wildman–Crippen MR) is 95.4 cm³/mol. The zero-order valence-electron chi connectivity index (χ0n) is 13.7. The average Bonchev–Trinajstić information content (AvgIpc) is 3.37. The largest absolute Gasteiger partial charge is 0.496 e. The van der Waals surface area contributed by atoms with Gasteiger partial charge in [0.15, 0.2) is 0 Å². The lowest BCUT2D eigenvalue weighted by Gasteiger charge is -2.17. The highest BCUT2D eigenvalue weighted by molar-refractivity contribution is 6.31. The highest BCUT2D eigenvalue weighted by Gasteiger charge is 2.49. The highest BCUT2D eigenvalue weighted by Crippen LogP contribution is 2.50. The molecule has 0 bridgehead atoms. The molecule has 5 nitrogen and oxygen atoms in total. The Kier molecular flexibility index (Phi) is 4.68. The van der Waals surface area contributed by atoms with Gasteiger partial charge in [-0.05, 0) is 43.0 Å². The summed E-state index contributed by atoms with van der Waals surface area (Å²) >= 11 is 6.21. The Labute approximate surface area is 150 Å². The SMILES string of the molecule is COc1cc(NC(=O)C2(Cc3ccccc3Cl)CC2)ccc1C(=O)O. The maximum absolute atomic E-state index is 12.7. The molecule has 1 fully saturated rings. The Hall–Kier alpha value is -2.53. The fraction of sp³-hybridized carbons (Fsp3) is 0.263. The topological polar surface area (TPSA) is 75.6 Å². The van der Waals surface area contributed by atoms with Gasteiger partial charge in [-0.3, -0.25) is 4.79 Å². The van der Waals surface area contributed by atoms with Crippen LogP contribution in [-0.2, 0) is 11.2 Å². The second kappa shape index (κ2) is 6.76. The van der Waals surface area contributed by atoms with E-state index in [1.54, 1.807) is 6.07 Å². The first-order valence-corrected chi connectivity index (χ1v) is 8.29. The lowest BCUT2D eigenvalue weighted by atomic mass is 9.95. The van der Waals surface area contributed by atoms with E-state index in [2.05, 4.69) is 5.32 Å². The molecule has 2 aromatic carbocycles. The number of nitrogens with one attached hydrogen (secondary N) is 1.